The zero-order chi connectivity index (χ0) is 15.3. The molecular weight excluding hydrogens is 254 g/mol. The standard InChI is InChI=1S/C15H21N3O2/c1-11(2)9-17(10-12(3)4)14-5-6-15(18(19)20)13(7-14)8-16/h5-7,11-12H,9-10H2,1-4H3. The van der Waals surface area contributed by atoms with Gasteiger partial charge in [-0.2, -0.15) is 5.26 Å². The molecule has 5 heteroatoms. The van der Waals surface area contributed by atoms with Gasteiger partial charge in [0.25, 0.3) is 5.69 Å². The second-order valence-corrected chi connectivity index (χ2v) is 5.76. The van der Waals surface area contributed by atoms with Crippen molar-refractivity contribution in [1.29, 1.82) is 5.26 Å². The molecule has 0 aromatic heterocycles. The minimum atomic E-state index is -0.516. The third kappa shape index (κ3) is 4.23. The van der Waals surface area contributed by atoms with Gasteiger partial charge in [-0.25, -0.2) is 0 Å². The lowest BCUT2D eigenvalue weighted by atomic mass is 10.1. The van der Waals surface area contributed by atoms with Crippen molar-refractivity contribution in [3.63, 3.8) is 0 Å². The Bertz CT molecular complexity index is 508. The molecule has 1 aromatic carbocycles. The monoisotopic (exact) mass is 275 g/mol. The fraction of sp³-hybridized carbons (Fsp3) is 0.533. The van der Waals surface area contributed by atoms with Gasteiger partial charge in [-0.15, -0.1) is 0 Å². The molecule has 0 spiro atoms. The zero-order valence-electron chi connectivity index (χ0n) is 12.5. The molecule has 1 aromatic rings. The van der Waals surface area contributed by atoms with Gasteiger partial charge in [0.05, 0.1) is 4.92 Å². The number of nitriles is 1. The highest BCUT2D eigenvalue weighted by Gasteiger charge is 2.17. The summed E-state index contributed by atoms with van der Waals surface area (Å²) < 4.78 is 0. The molecule has 20 heavy (non-hydrogen) atoms. The zero-order valence-corrected chi connectivity index (χ0v) is 12.5. The molecule has 0 fully saturated rings. The highest BCUT2D eigenvalue weighted by Crippen LogP contribution is 2.25. The maximum Gasteiger partial charge on any atom is 0.287 e. The van der Waals surface area contributed by atoms with E-state index in [4.69, 9.17) is 5.26 Å². The molecule has 0 aliphatic heterocycles. The average Bonchev–Trinajstić information content (AvgIpc) is 2.35. The molecule has 0 bridgehead atoms. The number of nitro benzene ring substituents is 1. The third-order valence-electron chi connectivity index (χ3n) is 2.83. The predicted octanol–water partition coefficient (Wildman–Crippen LogP) is 3.58. The van der Waals surface area contributed by atoms with E-state index in [9.17, 15) is 10.1 Å². The van der Waals surface area contributed by atoms with E-state index in [1.54, 1.807) is 12.1 Å². The van der Waals surface area contributed by atoms with Gasteiger partial charge in [0, 0.05) is 24.8 Å². The number of nitrogens with zero attached hydrogens (tertiary/aromatic N) is 3. The summed E-state index contributed by atoms with van der Waals surface area (Å²) in [4.78, 5) is 12.5. The van der Waals surface area contributed by atoms with E-state index in [1.165, 1.54) is 6.07 Å². The molecule has 0 aliphatic rings. The van der Waals surface area contributed by atoms with Gasteiger partial charge in [-0.05, 0) is 24.0 Å². The summed E-state index contributed by atoms with van der Waals surface area (Å²) in [5.74, 6) is 0.962. The maximum atomic E-state index is 10.9. The molecule has 0 unspecified atom stereocenters. The van der Waals surface area contributed by atoms with Crippen molar-refractivity contribution >= 4 is 11.4 Å². The van der Waals surface area contributed by atoms with E-state index in [0.29, 0.717) is 11.8 Å². The van der Waals surface area contributed by atoms with E-state index >= 15 is 0 Å². The number of nitro groups is 1. The highest BCUT2D eigenvalue weighted by molar-refractivity contribution is 5.59. The van der Waals surface area contributed by atoms with Crippen molar-refractivity contribution in [3.8, 4) is 6.07 Å². The maximum absolute atomic E-state index is 10.9. The summed E-state index contributed by atoms with van der Waals surface area (Å²) in [6.45, 7) is 10.2. The lowest BCUT2D eigenvalue weighted by molar-refractivity contribution is -0.385. The largest absolute Gasteiger partial charge is 0.371 e. The van der Waals surface area contributed by atoms with Gasteiger partial charge in [-0.1, -0.05) is 27.7 Å². The van der Waals surface area contributed by atoms with Crippen molar-refractivity contribution < 1.29 is 4.92 Å². The number of rotatable bonds is 6. The Hall–Kier alpha value is -2.09. The lowest BCUT2D eigenvalue weighted by Crippen LogP contribution is -2.31. The third-order valence-corrected chi connectivity index (χ3v) is 2.83. The Morgan fingerprint density at radius 1 is 1.25 bits per heavy atom. The summed E-state index contributed by atoms with van der Waals surface area (Å²) in [7, 11) is 0. The van der Waals surface area contributed by atoms with E-state index in [0.717, 1.165) is 18.8 Å². The molecular formula is C15H21N3O2. The SMILES string of the molecule is CC(C)CN(CC(C)C)c1ccc([N+](=O)[O-])c(C#N)c1. The number of anilines is 1. The fourth-order valence-corrected chi connectivity index (χ4v) is 2.14. The van der Waals surface area contributed by atoms with Crippen LogP contribution in [0.3, 0.4) is 0 Å². The van der Waals surface area contributed by atoms with Crippen LogP contribution >= 0.6 is 0 Å². The second kappa shape index (κ2) is 6.90. The summed E-state index contributed by atoms with van der Waals surface area (Å²) in [5.41, 5.74) is 0.852. The van der Waals surface area contributed by atoms with Crippen molar-refractivity contribution in [2.24, 2.45) is 11.8 Å². The Morgan fingerprint density at radius 2 is 1.80 bits per heavy atom. The van der Waals surface area contributed by atoms with Crippen LogP contribution in [-0.2, 0) is 0 Å². The van der Waals surface area contributed by atoms with Gasteiger partial charge in [0.15, 0.2) is 0 Å². The fourth-order valence-electron chi connectivity index (χ4n) is 2.14. The molecule has 0 radical (unpaired) electrons. The van der Waals surface area contributed by atoms with Crippen LogP contribution < -0.4 is 4.90 Å². The van der Waals surface area contributed by atoms with Gasteiger partial charge in [-0.3, -0.25) is 10.1 Å². The second-order valence-electron chi connectivity index (χ2n) is 5.76. The normalized spacial score (nSPS) is 10.7. The predicted molar refractivity (Wildman–Crippen MR) is 79.7 cm³/mol. The Labute approximate surface area is 120 Å². The van der Waals surface area contributed by atoms with E-state index in [1.807, 2.05) is 6.07 Å². The first-order chi connectivity index (χ1) is 9.35. The summed E-state index contributed by atoms with van der Waals surface area (Å²) in [6.07, 6.45) is 0. The molecule has 0 heterocycles. The van der Waals surface area contributed by atoms with Crippen molar-refractivity contribution in [1.82, 2.24) is 0 Å². The molecule has 0 saturated carbocycles. The number of hydrogen-bond acceptors (Lipinski definition) is 4. The lowest BCUT2D eigenvalue weighted by Gasteiger charge is -2.28. The minimum absolute atomic E-state index is 0.116. The molecule has 0 aliphatic carbocycles. The van der Waals surface area contributed by atoms with Gasteiger partial charge in [0.2, 0.25) is 0 Å². The van der Waals surface area contributed by atoms with Crippen molar-refractivity contribution in [2.45, 2.75) is 27.7 Å². The molecule has 108 valence electrons. The minimum Gasteiger partial charge on any atom is -0.371 e. The van der Waals surface area contributed by atoms with Crippen LogP contribution in [0.1, 0.15) is 33.3 Å². The van der Waals surface area contributed by atoms with Gasteiger partial charge >= 0.3 is 0 Å². The van der Waals surface area contributed by atoms with Crippen LogP contribution in [-0.4, -0.2) is 18.0 Å². The number of hydrogen-bond donors (Lipinski definition) is 0. The summed E-state index contributed by atoms with van der Waals surface area (Å²) >= 11 is 0. The Kier molecular flexibility index (Phi) is 5.51. The first-order valence-corrected chi connectivity index (χ1v) is 6.78. The van der Waals surface area contributed by atoms with Crippen LogP contribution in [0.4, 0.5) is 11.4 Å². The highest BCUT2D eigenvalue weighted by atomic mass is 16.6. The van der Waals surface area contributed by atoms with E-state index in [2.05, 4.69) is 32.6 Å². The van der Waals surface area contributed by atoms with Crippen molar-refractivity contribution in [3.05, 3.63) is 33.9 Å². The van der Waals surface area contributed by atoms with Crippen LogP contribution in [0.5, 0.6) is 0 Å². The molecule has 5 nitrogen and oxygen atoms in total. The van der Waals surface area contributed by atoms with Crippen LogP contribution in [0.2, 0.25) is 0 Å². The quantitative estimate of drug-likeness (QED) is 0.587. The molecule has 1 rings (SSSR count). The summed E-state index contributed by atoms with van der Waals surface area (Å²) in [6, 6.07) is 6.67. The van der Waals surface area contributed by atoms with Gasteiger partial charge < -0.3 is 4.90 Å². The molecule has 0 saturated heterocycles. The smallest absolute Gasteiger partial charge is 0.287 e. The van der Waals surface area contributed by atoms with Crippen molar-refractivity contribution in [2.75, 3.05) is 18.0 Å². The van der Waals surface area contributed by atoms with E-state index in [-0.39, 0.29) is 11.3 Å². The molecule has 0 atom stereocenters. The van der Waals surface area contributed by atoms with Crippen LogP contribution in [0.15, 0.2) is 18.2 Å². The summed E-state index contributed by atoms with van der Waals surface area (Å²) in [5, 5.41) is 19.9. The molecule has 0 N–H and O–H groups in total. The Balaban J connectivity index is 3.14. The average molecular weight is 275 g/mol. The number of benzene rings is 1. The first kappa shape index (κ1) is 16.0. The van der Waals surface area contributed by atoms with Crippen LogP contribution in [0.25, 0.3) is 0 Å². The van der Waals surface area contributed by atoms with E-state index < -0.39 is 4.92 Å². The first-order valence-electron chi connectivity index (χ1n) is 6.78. The van der Waals surface area contributed by atoms with Gasteiger partial charge in [0.1, 0.15) is 11.6 Å². The Morgan fingerprint density at radius 3 is 2.20 bits per heavy atom. The van der Waals surface area contributed by atoms with Crippen LogP contribution in [0, 0.1) is 33.3 Å². The topological polar surface area (TPSA) is 70.2 Å². The molecule has 0 amide bonds.